The summed E-state index contributed by atoms with van der Waals surface area (Å²) in [7, 11) is -2.78. The summed E-state index contributed by atoms with van der Waals surface area (Å²) in [5.41, 5.74) is 0.821. The summed E-state index contributed by atoms with van der Waals surface area (Å²) in [5.74, 6) is -1.25. The number of rotatable bonds is 7. The van der Waals surface area contributed by atoms with E-state index in [9.17, 15) is 22.4 Å². The lowest BCUT2D eigenvalue weighted by atomic mass is 9.88. The molecule has 2 aromatic rings. The number of amides is 1. The summed E-state index contributed by atoms with van der Waals surface area (Å²) >= 11 is 0. The number of esters is 1. The van der Waals surface area contributed by atoms with Crippen molar-refractivity contribution in [2.24, 2.45) is 5.92 Å². The Morgan fingerprint density at radius 1 is 1.06 bits per heavy atom. The standard InChI is InChI=1S/C22H25FN2O5S/c1-30-22(27)17-11-15(14-24-21(26)16-5-3-2-4-6-16)12-19(13-17)25-31(28,29)20-9-7-18(23)8-10-20/h7-13,16,25H,2-6,14H2,1H3,(H,24,26). The first-order chi connectivity index (χ1) is 14.8. The first-order valence-electron chi connectivity index (χ1n) is 10.1. The van der Waals surface area contributed by atoms with Crippen LogP contribution in [0.1, 0.15) is 48.0 Å². The van der Waals surface area contributed by atoms with Gasteiger partial charge < -0.3 is 10.1 Å². The smallest absolute Gasteiger partial charge is 0.337 e. The predicted molar refractivity (Wildman–Crippen MR) is 113 cm³/mol. The topological polar surface area (TPSA) is 102 Å². The van der Waals surface area contributed by atoms with Crippen LogP contribution in [0.25, 0.3) is 0 Å². The Labute approximate surface area is 181 Å². The number of methoxy groups -OCH3 is 1. The van der Waals surface area contributed by atoms with Crippen molar-refractivity contribution >= 4 is 27.6 Å². The number of hydrogen-bond donors (Lipinski definition) is 2. The number of ether oxygens (including phenoxy) is 1. The first kappa shape index (κ1) is 22.7. The van der Waals surface area contributed by atoms with Gasteiger partial charge in [0.25, 0.3) is 10.0 Å². The molecular formula is C22H25FN2O5S. The van der Waals surface area contributed by atoms with E-state index >= 15 is 0 Å². The zero-order valence-corrected chi connectivity index (χ0v) is 18.0. The molecular weight excluding hydrogens is 423 g/mol. The summed E-state index contributed by atoms with van der Waals surface area (Å²) in [6.07, 6.45) is 4.92. The molecule has 0 radical (unpaired) electrons. The second-order valence-corrected chi connectivity index (χ2v) is 9.20. The maximum absolute atomic E-state index is 13.1. The van der Waals surface area contributed by atoms with Gasteiger partial charge in [0.15, 0.2) is 0 Å². The maximum Gasteiger partial charge on any atom is 0.337 e. The highest BCUT2D eigenvalue weighted by atomic mass is 32.2. The second kappa shape index (κ2) is 9.91. The van der Waals surface area contributed by atoms with Crippen LogP contribution in [-0.2, 0) is 26.1 Å². The number of sulfonamides is 1. The highest BCUT2D eigenvalue weighted by Crippen LogP contribution is 2.24. The Hall–Kier alpha value is -2.94. The van der Waals surface area contributed by atoms with E-state index in [1.165, 1.54) is 19.2 Å². The molecule has 2 aromatic carbocycles. The van der Waals surface area contributed by atoms with E-state index in [0.717, 1.165) is 56.4 Å². The molecule has 0 spiro atoms. The van der Waals surface area contributed by atoms with Gasteiger partial charge in [-0.3, -0.25) is 9.52 Å². The molecule has 0 aromatic heterocycles. The Morgan fingerprint density at radius 2 is 1.74 bits per heavy atom. The van der Waals surface area contributed by atoms with Crippen LogP contribution in [0.3, 0.4) is 0 Å². The van der Waals surface area contributed by atoms with Gasteiger partial charge in [-0.1, -0.05) is 19.3 Å². The fourth-order valence-corrected chi connectivity index (χ4v) is 4.66. The molecule has 0 saturated heterocycles. The van der Waals surface area contributed by atoms with Crippen molar-refractivity contribution in [1.29, 1.82) is 0 Å². The third-order valence-electron chi connectivity index (χ3n) is 5.23. The molecule has 0 atom stereocenters. The van der Waals surface area contributed by atoms with Crippen LogP contribution in [0.2, 0.25) is 0 Å². The predicted octanol–water partition coefficient (Wildman–Crippen LogP) is 3.61. The van der Waals surface area contributed by atoms with E-state index in [0.29, 0.717) is 5.56 Å². The van der Waals surface area contributed by atoms with Gasteiger partial charge in [0, 0.05) is 12.5 Å². The molecule has 0 aliphatic heterocycles. The molecule has 166 valence electrons. The number of carbonyl (C=O) groups is 2. The molecule has 3 rings (SSSR count). The summed E-state index contributed by atoms with van der Waals surface area (Å²) in [6, 6.07) is 8.81. The van der Waals surface area contributed by atoms with E-state index in [1.807, 2.05) is 0 Å². The number of anilines is 1. The largest absolute Gasteiger partial charge is 0.465 e. The summed E-state index contributed by atoms with van der Waals surface area (Å²) in [5, 5.41) is 2.87. The molecule has 0 unspecified atom stereocenters. The van der Waals surface area contributed by atoms with E-state index in [4.69, 9.17) is 4.74 Å². The molecule has 0 heterocycles. The quantitative estimate of drug-likeness (QED) is 0.630. The van der Waals surface area contributed by atoms with Gasteiger partial charge in [0.05, 0.1) is 23.3 Å². The molecule has 7 nitrogen and oxygen atoms in total. The van der Waals surface area contributed by atoms with Crippen LogP contribution < -0.4 is 10.0 Å². The number of nitrogens with one attached hydrogen (secondary N) is 2. The van der Waals surface area contributed by atoms with Crippen molar-refractivity contribution in [3.05, 3.63) is 59.4 Å². The highest BCUT2D eigenvalue weighted by molar-refractivity contribution is 7.92. The fourth-order valence-electron chi connectivity index (χ4n) is 3.61. The van der Waals surface area contributed by atoms with Crippen LogP contribution in [0.5, 0.6) is 0 Å². The summed E-state index contributed by atoms with van der Waals surface area (Å²) in [4.78, 5) is 24.4. The van der Waals surface area contributed by atoms with Crippen LogP contribution in [0, 0.1) is 11.7 Å². The van der Waals surface area contributed by atoms with E-state index in [1.54, 1.807) is 6.07 Å². The van der Waals surface area contributed by atoms with E-state index < -0.39 is 21.8 Å². The number of halogens is 1. The van der Waals surface area contributed by atoms with Crippen molar-refractivity contribution in [2.75, 3.05) is 11.8 Å². The lowest BCUT2D eigenvalue weighted by molar-refractivity contribution is -0.126. The van der Waals surface area contributed by atoms with Gasteiger partial charge in [-0.15, -0.1) is 0 Å². The highest BCUT2D eigenvalue weighted by Gasteiger charge is 2.21. The molecule has 1 saturated carbocycles. The lowest BCUT2D eigenvalue weighted by Gasteiger charge is -2.21. The normalized spacial score (nSPS) is 14.6. The average Bonchev–Trinajstić information content (AvgIpc) is 2.77. The van der Waals surface area contributed by atoms with Crippen LogP contribution in [0.15, 0.2) is 47.4 Å². The van der Waals surface area contributed by atoms with Crippen molar-refractivity contribution in [2.45, 2.75) is 43.5 Å². The van der Waals surface area contributed by atoms with Gasteiger partial charge in [0.2, 0.25) is 5.91 Å². The maximum atomic E-state index is 13.1. The summed E-state index contributed by atoms with van der Waals surface area (Å²) in [6.45, 7) is 0.144. The molecule has 1 fully saturated rings. The number of hydrogen-bond acceptors (Lipinski definition) is 5. The van der Waals surface area contributed by atoms with E-state index in [2.05, 4.69) is 10.0 Å². The van der Waals surface area contributed by atoms with Gasteiger partial charge >= 0.3 is 5.97 Å². The Kier molecular flexibility index (Phi) is 7.27. The van der Waals surface area contributed by atoms with Crippen molar-refractivity contribution in [3.63, 3.8) is 0 Å². The van der Waals surface area contributed by atoms with Crippen molar-refractivity contribution in [3.8, 4) is 0 Å². The Balaban J connectivity index is 1.80. The monoisotopic (exact) mass is 448 g/mol. The number of carbonyl (C=O) groups excluding carboxylic acids is 2. The Bertz CT molecular complexity index is 1050. The van der Waals surface area contributed by atoms with Crippen LogP contribution in [-0.4, -0.2) is 27.4 Å². The van der Waals surface area contributed by atoms with Crippen molar-refractivity contribution < 1.29 is 27.1 Å². The number of benzene rings is 2. The third-order valence-corrected chi connectivity index (χ3v) is 6.63. The minimum atomic E-state index is -4.00. The molecule has 1 aliphatic rings. The molecule has 1 amide bonds. The zero-order chi connectivity index (χ0) is 22.4. The minimum Gasteiger partial charge on any atom is -0.465 e. The zero-order valence-electron chi connectivity index (χ0n) is 17.2. The molecule has 31 heavy (non-hydrogen) atoms. The third kappa shape index (κ3) is 6.04. The molecule has 9 heteroatoms. The van der Waals surface area contributed by atoms with Crippen LogP contribution >= 0.6 is 0 Å². The second-order valence-electron chi connectivity index (χ2n) is 7.52. The molecule has 1 aliphatic carbocycles. The molecule has 2 N–H and O–H groups in total. The van der Waals surface area contributed by atoms with E-state index in [-0.39, 0.29) is 34.5 Å². The SMILES string of the molecule is COC(=O)c1cc(CNC(=O)C2CCCCC2)cc(NS(=O)(=O)c2ccc(F)cc2)c1. The van der Waals surface area contributed by atoms with Crippen LogP contribution in [0.4, 0.5) is 10.1 Å². The van der Waals surface area contributed by atoms with Gasteiger partial charge in [-0.25, -0.2) is 17.6 Å². The fraction of sp³-hybridized carbons (Fsp3) is 0.364. The first-order valence-corrected chi connectivity index (χ1v) is 11.6. The lowest BCUT2D eigenvalue weighted by Crippen LogP contribution is -2.31. The van der Waals surface area contributed by atoms with Gasteiger partial charge in [-0.05, 0) is 60.9 Å². The average molecular weight is 449 g/mol. The van der Waals surface area contributed by atoms with Gasteiger partial charge in [-0.2, -0.15) is 0 Å². The minimum absolute atomic E-state index is 0.0195. The summed E-state index contributed by atoms with van der Waals surface area (Å²) < 4.78 is 45.5. The van der Waals surface area contributed by atoms with Crippen molar-refractivity contribution in [1.82, 2.24) is 5.32 Å². The Morgan fingerprint density at radius 3 is 2.39 bits per heavy atom. The molecule has 0 bridgehead atoms. The van der Waals surface area contributed by atoms with Gasteiger partial charge in [0.1, 0.15) is 5.82 Å².